The molecule has 0 radical (unpaired) electrons. The molecule has 0 saturated carbocycles. The Kier molecular flexibility index (Phi) is 4.71. The molecule has 1 aromatic heterocycles. The molecule has 2 aliphatic heterocycles. The van der Waals surface area contributed by atoms with Gasteiger partial charge < -0.3 is 9.47 Å². The van der Waals surface area contributed by atoms with Gasteiger partial charge in [0.15, 0.2) is 0 Å². The maximum absolute atomic E-state index is 5.73. The van der Waals surface area contributed by atoms with Crippen LogP contribution < -0.4 is 0 Å². The van der Waals surface area contributed by atoms with E-state index in [1.807, 2.05) is 12.1 Å². The molecule has 6 heteroatoms. The molecule has 2 unspecified atom stereocenters. The molecule has 3 rings (SSSR count). The van der Waals surface area contributed by atoms with Crippen molar-refractivity contribution in [3.63, 3.8) is 0 Å². The van der Waals surface area contributed by atoms with Crippen LogP contribution in [0.3, 0.4) is 0 Å². The number of hydrogen-bond acceptors (Lipinski definition) is 5. The first kappa shape index (κ1) is 16.4. The van der Waals surface area contributed by atoms with Gasteiger partial charge in [-0.3, -0.25) is 0 Å². The summed E-state index contributed by atoms with van der Waals surface area (Å²) in [7, 11) is 0. The molecule has 0 N–H and O–H groups in total. The minimum atomic E-state index is 0.194. The molecule has 0 aliphatic carbocycles. The van der Waals surface area contributed by atoms with Crippen LogP contribution in [0.5, 0.6) is 0 Å². The number of aliphatic imine (C=N–C) groups is 2. The van der Waals surface area contributed by atoms with Crippen LogP contribution in [0.4, 0.5) is 0 Å². The van der Waals surface area contributed by atoms with Gasteiger partial charge in [0, 0.05) is 4.47 Å². The summed E-state index contributed by atoms with van der Waals surface area (Å²) in [5.74, 6) is 2.11. The molecule has 0 fully saturated rings. The summed E-state index contributed by atoms with van der Waals surface area (Å²) in [5.41, 5.74) is 1.44. The summed E-state index contributed by atoms with van der Waals surface area (Å²) in [6, 6.07) is 4.22. The first-order chi connectivity index (χ1) is 10.9. The zero-order chi connectivity index (χ0) is 16.6. The van der Waals surface area contributed by atoms with Gasteiger partial charge in [0.2, 0.25) is 11.8 Å². The number of rotatable bonds is 4. The molecule has 3 heterocycles. The topological polar surface area (TPSA) is 56.1 Å². The lowest BCUT2D eigenvalue weighted by Gasteiger charge is -2.06. The van der Waals surface area contributed by atoms with Crippen molar-refractivity contribution in [2.45, 2.75) is 39.8 Å². The van der Waals surface area contributed by atoms with E-state index in [-0.39, 0.29) is 12.1 Å². The minimum absolute atomic E-state index is 0.194. The van der Waals surface area contributed by atoms with Gasteiger partial charge in [-0.2, -0.15) is 0 Å². The van der Waals surface area contributed by atoms with Crippen LogP contribution in [0, 0.1) is 11.8 Å². The molecule has 124 valence electrons. The van der Waals surface area contributed by atoms with E-state index in [0.717, 1.165) is 15.9 Å². The second kappa shape index (κ2) is 6.59. The third-order valence-corrected chi connectivity index (χ3v) is 4.57. The van der Waals surface area contributed by atoms with E-state index in [4.69, 9.17) is 9.47 Å². The minimum Gasteiger partial charge on any atom is -0.474 e. The highest BCUT2D eigenvalue weighted by molar-refractivity contribution is 9.10. The van der Waals surface area contributed by atoms with Gasteiger partial charge in [0.1, 0.15) is 24.6 Å². The number of hydrogen-bond donors (Lipinski definition) is 0. The van der Waals surface area contributed by atoms with Crippen molar-refractivity contribution in [1.29, 1.82) is 0 Å². The summed E-state index contributed by atoms with van der Waals surface area (Å²) >= 11 is 3.53. The van der Waals surface area contributed by atoms with Gasteiger partial charge in [0.05, 0.1) is 12.1 Å². The van der Waals surface area contributed by atoms with Crippen LogP contribution in [0.15, 0.2) is 26.6 Å². The standard InChI is InChI=1S/C17H22BrN3O2/c1-9(2)14-7-22-16(20-14)12-5-11(18)6-13(19-12)17-21-15(8-23-17)10(3)4/h5-6,9-10,14-15H,7-8H2,1-4H3. The average molecular weight is 380 g/mol. The van der Waals surface area contributed by atoms with Crippen LogP contribution in [0.1, 0.15) is 39.1 Å². The first-order valence-electron chi connectivity index (χ1n) is 8.03. The van der Waals surface area contributed by atoms with Crippen LogP contribution in [-0.4, -0.2) is 42.1 Å². The Bertz CT molecular complexity index is 603. The normalized spacial score (nSPS) is 23.8. The Labute approximate surface area is 145 Å². The van der Waals surface area contributed by atoms with Gasteiger partial charge in [-0.1, -0.05) is 43.6 Å². The monoisotopic (exact) mass is 379 g/mol. The number of pyridine rings is 1. The van der Waals surface area contributed by atoms with E-state index < -0.39 is 0 Å². The lowest BCUT2D eigenvalue weighted by molar-refractivity contribution is 0.290. The Morgan fingerprint density at radius 1 is 0.913 bits per heavy atom. The fraction of sp³-hybridized carbons (Fsp3) is 0.588. The zero-order valence-corrected chi connectivity index (χ0v) is 15.5. The molecule has 0 spiro atoms. The van der Waals surface area contributed by atoms with Crippen molar-refractivity contribution < 1.29 is 9.47 Å². The molecule has 2 atom stereocenters. The van der Waals surface area contributed by atoms with Gasteiger partial charge in [-0.25, -0.2) is 15.0 Å². The van der Waals surface area contributed by atoms with Crippen LogP contribution >= 0.6 is 15.9 Å². The van der Waals surface area contributed by atoms with E-state index in [2.05, 4.69) is 58.6 Å². The van der Waals surface area contributed by atoms with Gasteiger partial charge in [-0.15, -0.1) is 0 Å². The molecule has 0 amide bonds. The fourth-order valence-corrected chi connectivity index (χ4v) is 2.89. The Hall–Kier alpha value is -1.43. The van der Waals surface area contributed by atoms with Gasteiger partial charge in [-0.05, 0) is 24.0 Å². The smallest absolute Gasteiger partial charge is 0.235 e. The molecule has 0 saturated heterocycles. The number of halogens is 1. The van der Waals surface area contributed by atoms with Gasteiger partial charge in [0.25, 0.3) is 0 Å². The van der Waals surface area contributed by atoms with Crippen molar-refractivity contribution >= 4 is 27.7 Å². The van der Waals surface area contributed by atoms with E-state index in [1.165, 1.54) is 0 Å². The molecular weight excluding hydrogens is 358 g/mol. The lowest BCUT2D eigenvalue weighted by Crippen LogP contribution is -2.13. The SMILES string of the molecule is CC(C)C1COC(c2cc(Br)cc(C3=NC(C(C)C)CO3)n2)=N1. The van der Waals surface area contributed by atoms with E-state index in [9.17, 15) is 0 Å². The third kappa shape index (κ3) is 3.57. The molecule has 0 bridgehead atoms. The maximum atomic E-state index is 5.73. The Morgan fingerprint density at radius 3 is 1.70 bits per heavy atom. The summed E-state index contributed by atoms with van der Waals surface area (Å²) in [6.45, 7) is 9.81. The summed E-state index contributed by atoms with van der Waals surface area (Å²) in [4.78, 5) is 13.9. The number of aromatic nitrogens is 1. The number of nitrogens with zero attached hydrogens (tertiary/aromatic N) is 3. The number of ether oxygens (including phenoxy) is 2. The summed E-state index contributed by atoms with van der Waals surface area (Å²) in [5, 5.41) is 0. The average Bonchev–Trinajstić information content (AvgIpc) is 3.16. The van der Waals surface area contributed by atoms with Crippen molar-refractivity contribution in [2.75, 3.05) is 13.2 Å². The van der Waals surface area contributed by atoms with Crippen molar-refractivity contribution in [3.8, 4) is 0 Å². The third-order valence-electron chi connectivity index (χ3n) is 4.12. The first-order valence-corrected chi connectivity index (χ1v) is 8.83. The van der Waals surface area contributed by atoms with E-state index in [1.54, 1.807) is 0 Å². The van der Waals surface area contributed by atoms with Crippen molar-refractivity contribution in [2.24, 2.45) is 21.8 Å². The van der Waals surface area contributed by atoms with Gasteiger partial charge >= 0.3 is 0 Å². The second-order valence-electron chi connectivity index (χ2n) is 6.67. The molecule has 23 heavy (non-hydrogen) atoms. The summed E-state index contributed by atoms with van der Waals surface area (Å²) < 4.78 is 12.4. The molecule has 0 aromatic carbocycles. The van der Waals surface area contributed by atoms with Crippen LogP contribution in [0.2, 0.25) is 0 Å². The van der Waals surface area contributed by atoms with E-state index >= 15 is 0 Å². The highest BCUT2D eigenvalue weighted by Crippen LogP contribution is 2.22. The molecular formula is C17H22BrN3O2. The molecule has 5 nitrogen and oxygen atoms in total. The summed E-state index contributed by atoms with van der Waals surface area (Å²) in [6.07, 6.45) is 0. The molecule has 2 aliphatic rings. The Balaban J connectivity index is 1.89. The largest absolute Gasteiger partial charge is 0.474 e. The second-order valence-corrected chi connectivity index (χ2v) is 7.58. The predicted molar refractivity (Wildman–Crippen MR) is 94.2 cm³/mol. The van der Waals surface area contributed by atoms with E-state index in [0.29, 0.717) is 36.8 Å². The van der Waals surface area contributed by atoms with Crippen molar-refractivity contribution in [3.05, 3.63) is 28.0 Å². The zero-order valence-electron chi connectivity index (χ0n) is 13.9. The quantitative estimate of drug-likeness (QED) is 0.804. The van der Waals surface area contributed by atoms with Crippen LogP contribution in [-0.2, 0) is 9.47 Å². The predicted octanol–water partition coefficient (Wildman–Crippen LogP) is 3.45. The fourth-order valence-electron chi connectivity index (χ4n) is 2.46. The molecule has 1 aromatic rings. The maximum Gasteiger partial charge on any atom is 0.235 e. The highest BCUT2D eigenvalue weighted by atomic mass is 79.9. The van der Waals surface area contributed by atoms with Crippen molar-refractivity contribution in [1.82, 2.24) is 4.98 Å². The lowest BCUT2D eigenvalue weighted by atomic mass is 10.1. The Morgan fingerprint density at radius 2 is 1.35 bits per heavy atom. The van der Waals surface area contributed by atoms with Crippen LogP contribution in [0.25, 0.3) is 0 Å². The highest BCUT2D eigenvalue weighted by Gasteiger charge is 2.27.